The number of unbranched alkanes of at least 4 members (excludes halogenated alkanes) is 63. The van der Waals surface area contributed by atoms with E-state index in [-0.39, 0.29) is 5.92 Å². The number of hydrogen-bond donors (Lipinski definition) is 2. The first kappa shape index (κ1) is 81.1. The summed E-state index contributed by atoms with van der Waals surface area (Å²) in [5.41, 5.74) is 0. The predicted molar refractivity (Wildman–Crippen MR) is 366 cm³/mol. The summed E-state index contributed by atoms with van der Waals surface area (Å²) in [7, 11) is 0. The molecule has 2 N–H and O–H groups in total. The van der Waals surface area contributed by atoms with E-state index in [2.05, 4.69) is 20.8 Å². The molecule has 0 aromatic heterocycles. The van der Waals surface area contributed by atoms with Crippen LogP contribution in [-0.4, -0.2) is 28.1 Å². The summed E-state index contributed by atoms with van der Waals surface area (Å²) in [6.45, 7) is 6.79. The number of aliphatic hydroxyl groups excluding tert-OH is 1. The number of Topliss-reactive ketones (excluding diaryl/α,β-unsaturated/α-hetero) is 1. The summed E-state index contributed by atoms with van der Waals surface area (Å²) >= 11 is 0. The van der Waals surface area contributed by atoms with E-state index in [4.69, 9.17) is 0 Å². The van der Waals surface area contributed by atoms with Crippen molar-refractivity contribution in [1.29, 1.82) is 0 Å². The lowest BCUT2D eigenvalue weighted by Crippen LogP contribution is -2.28. The average molecular weight is 1160 g/mol. The predicted octanol–water partition coefficient (Wildman–Crippen LogP) is 27.6. The monoisotopic (exact) mass is 1160 g/mol. The highest BCUT2D eigenvalue weighted by molar-refractivity contribution is 5.80. The van der Waals surface area contributed by atoms with Crippen LogP contribution in [0.25, 0.3) is 0 Å². The summed E-state index contributed by atoms with van der Waals surface area (Å²) in [4.78, 5) is 24.6. The van der Waals surface area contributed by atoms with Gasteiger partial charge in [0.1, 0.15) is 5.78 Å². The summed E-state index contributed by atoms with van der Waals surface area (Å²) in [5.74, 6) is -0.586. The van der Waals surface area contributed by atoms with E-state index in [9.17, 15) is 19.8 Å². The molecule has 0 aromatic rings. The number of hydrogen-bond acceptors (Lipinski definition) is 3. The summed E-state index contributed by atoms with van der Waals surface area (Å²) < 4.78 is 0. The van der Waals surface area contributed by atoms with Crippen molar-refractivity contribution in [2.24, 2.45) is 11.8 Å². The maximum atomic E-state index is 12.7. The molecular weight excluding hydrogens is 1000 g/mol. The van der Waals surface area contributed by atoms with Crippen molar-refractivity contribution < 1.29 is 19.8 Å². The fourth-order valence-corrected chi connectivity index (χ4v) is 13.3. The van der Waals surface area contributed by atoms with Crippen molar-refractivity contribution in [1.82, 2.24) is 0 Å². The number of aliphatic carboxylic acids is 1. The third-order valence-electron chi connectivity index (χ3n) is 19.4. The van der Waals surface area contributed by atoms with Gasteiger partial charge in [-0.05, 0) is 25.7 Å². The molecule has 0 spiro atoms. The topological polar surface area (TPSA) is 74.6 Å². The number of carbonyl (C=O) groups excluding carboxylic acids is 1. The van der Waals surface area contributed by atoms with Crippen LogP contribution in [0.2, 0.25) is 0 Å². The highest BCUT2D eigenvalue weighted by Gasteiger charge is 2.25. The number of aliphatic hydroxyl groups is 1. The van der Waals surface area contributed by atoms with Gasteiger partial charge in [0.05, 0.1) is 12.0 Å². The fraction of sp³-hybridized carbons (Fsp3) is 0.974. The fourth-order valence-electron chi connectivity index (χ4n) is 13.3. The Kier molecular flexibility index (Phi) is 70.1. The first-order chi connectivity index (χ1) is 40.4. The van der Waals surface area contributed by atoms with Crippen LogP contribution in [0.3, 0.4) is 0 Å². The molecule has 0 aliphatic rings. The minimum atomic E-state index is -0.803. The Morgan fingerprint density at radius 1 is 0.244 bits per heavy atom. The molecule has 0 amide bonds. The maximum Gasteiger partial charge on any atom is 0.309 e. The standard InChI is InChI=1S/C78H154O4/c1-4-6-8-10-12-14-16-18-20-22-24-25-32-35-39-43-47-51-55-59-63-67-71-75(78(81)82)77(80)73-69-65-61-57-53-49-45-41-37-34-31-29-27-26-28-30-33-36-40-44-48-52-56-60-64-68-72-76(79)74(3)70-66-62-58-54-50-46-42-38-23-21-19-17-15-13-11-9-7-5-2/h74-75,77,80H,4-73H2,1-3H3,(H,81,82). The molecule has 0 aliphatic heterocycles. The van der Waals surface area contributed by atoms with Crippen LogP contribution in [-0.2, 0) is 9.59 Å². The number of rotatable bonds is 74. The second kappa shape index (κ2) is 70.9. The SMILES string of the molecule is CCCCCCCCCCCCCCCCCCCCCCCCC(C(=O)O)C(O)CCCCCCCCCCCCCCCCCCCCCCCCCCCCC(=O)C(C)CCCCCCCCCCCCCCCCCCCC. The van der Waals surface area contributed by atoms with E-state index >= 15 is 0 Å². The molecule has 0 saturated heterocycles. The molecule has 3 unspecified atom stereocenters. The van der Waals surface area contributed by atoms with Crippen LogP contribution in [0, 0.1) is 11.8 Å². The zero-order valence-corrected chi connectivity index (χ0v) is 56.9. The van der Waals surface area contributed by atoms with E-state index < -0.39 is 18.0 Å². The van der Waals surface area contributed by atoms with Gasteiger partial charge in [-0.15, -0.1) is 0 Å². The molecule has 4 nitrogen and oxygen atoms in total. The van der Waals surface area contributed by atoms with Gasteiger partial charge in [0.25, 0.3) is 0 Å². The molecule has 0 saturated carbocycles. The van der Waals surface area contributed by atoms with Crippen molar-refractivity contribution in [3.05, 3.63) is 0 Å². The molecule has 0 fully saturated rings. The van der Waals surface area contributed by atoms with Crippen molar-refractivity contribution in [3.8, 4) is 0 Å². The Balaban J connectivity index is 3.38. The lowest BCUT2D eigenvalue weighted by molar-refractivity contribution is -0.146. The van der Waals surface area contributed by atoms with Crippen LogP contribution in [0.4, 0.5) is 0 Å². The first-order valence-electron chi connectivity index (χ1n) is 38.9. The van der Waals surface area contributed by atoms with Gasteiger partial charge in [-0.25, -0.2) is 0 Å². The Hall–Kier alpha value is -0.900. The number of carbonyl (C=O) groups is 2. The second-order valence-corrected chi connectivity index (χ2v) is 27.6. The zero-order chi connectivity index (χ0) is 59.4. The number of carboxylic acid groups (broad SMARTS) is 1. The molecule has 0 heterocycles. The molecule has 82 heavy (non-hydrogen) atoms. The Morgan fingerprint density at radius 3 is 0.622 bits per heavy atom. The van der Waals surface area contributed by atoms with Gasteiger partial charge in [0.15, 0.2) is 0 Å². The largest absolute Gasteiger partial charge is 0.481 e. The molecule has 0 radical (unpaired) electrons. The summed E-state index contributed by atoms with van der Waals surface area (Å²) in [5, 5.41) is 20.5. The molecule has 0 aliphatic carbocycles. The van der Waals surface area contributed by atoms with E-state index in [0.29, 0.717) is 18.6 Å². The van der Waals surface area contributed by atoms with Crippen LogP contribution in [0.5, 0.6) is 0 Å². The Labute approximate surface area is 517 Å². The van der Waals surface area contributed by atoms with Crippen LogP contribution < -0.4 is 0 Å². The van der Waals surface area contributed by atoms with E-state index in [1.807, 2.05) is 0 Å². The smallest absolute Gasteiger partial charge is 0.309 e. The molecule has 0 rings (SSSR count). The molecule has 3 atom stereocenters. The molecule has 490 valence electrons. The van der Waals surface area contributed by atoms with Crippen molar-refractivity contribution in [3.63, 3.8) is 0 Å². The van der Waals surface area contributed by atoms with Gasteiger partial charge in [-0.3, -0.25) is 9.59 Å². The third-order valence-corrected chi connectivity index (χ3v) is 19.4. The van der Waals surface area contributed by atoms with Crippen LogP contribution >= 0.6 is 0 Å². The summed E-state index contributed by atoms with van der Waals surface area (Å²) in [6.07, 6.45) is 93.0. The highest BCUT2D eigenvalue weighted by atomic mass is 16.4. The van der Waals surface area contributed by atoms with E-state index in [1.165, 1.54) is 392 Å². The molecule has 0 aromatic carbocycles. The lowest BCUT2D eigenvalue weighted by Gasteiger charge is -2.19. The zero-order valence-electron chi connectivity index (χ0n) is 56.9. The van der Waals surface area contributed by atoms with Gasteiger partial charge in [-0.1, -0.05) is 438 Å². The first-order valence-corrected chi connectivity index (χ1v) is 38.9. The van der Waals surface area contributed by atoms with Crippen molar-refractivity contribution >= 4 is 11.8 Å². The molecular formula is C78H154O4. The Morgan fingerprint density at radius 2 is 0.415 bits per heavy atom. The van der Waals surface area contributed by atoms with Crippen molar-refractivity contribution in [2.75, 3.05) is 0 Å². The average Bonchev–Trinajstić information content (AvgIpc) is 3.47. The maximum absolute atomic E-state index is 12.7. The number of carboxylic acids is 1. The van der Waals surface area contributed by atoms with Crippen LogP contribution in [0.1, 0.15) is 470 Å². The van der Waals surface area contributed by atoms with Gasteiger partial charge >= 0.3 is 5.97 Å². The van der Waals surface area contributed by atoms with Gasteiger partial charge in [0, 0.05) is 12.3 Å². The quantitative estimate of drug-likeness (QED) is 0.0595. The van der Waals surface area contributed by atoms with E-state index in [0.717, 1.165) is 44.9 Å². The normalized spacial score (nSPS) is 12.9. The highest BCUT2D eigenvalue weighted by Crippen LogP contribution is 2.24. The molecule has 4 heteroatoms. The van der Waals surface area contributed by atoms with Crippen LogP contribution in [0.15, 0.2) is 0 Å². The van der Waals surface area contributed by atoms with Gasteiger partial charge < -0.3 is 10.2 Å². The minimum Gasteiger partial charge on any atom is -0.481 e. The van der Waals surface area contributed by atoms with E-state index in [1.54, 1.807) is 0 Å². The number of ketones is 1. The molecule has 0 bridgehead atoms. The van der Waals surface area contributed by atoms with Gasteiger partial charge in [0.2, 0.25) is 0 Å². The van der Waals surface area contributed by atoms with Crippen molar-refractivity contribution in [2.45, 2.75) is 476 Å². The summed E-state index contributed by atoms with van der Waals surface area (Å²) in [6, 6.07) is 0. The third kappa shape index (κ3) is 65.1. The lowest BCUT2D eigenvalue weighted by atomic mass is 9.91. The second-order valence-electron chi connectivity index (χ2n) is 27.6. The minimum absolute atomic E-state index is 0.276. The van der Waals surface area contributed by atoms with Gasteiger partial charge in [-0.2, -0.15) is 0 Å². The Bertz CT molecular complexity index is 1200.